The van der Waals surface area contributed by atoms with Gasteiger partial charge in [-0.25, -0.2) is 0 Å². The molecule has 272 valence electrons. The highest BCUT2D eigenvalue weighted by Crippen LogP contribution is 2.46. The number of benzene rings is 10. The number of fused-ring (bicyclic) bond motifs is 5. The summed E-state index contributed by atoms with van der Waals surface area (Å²) in [5, 5.41) is 8.53. The molecule has 0 aliphatic carbocycles. The van der Waals surface area contributed by atoms with Crippen LogP contribution in [0.5, 0.6) is 0 Å². The Morgan fingerprint density at radius 3 is 1.81 bits per heavy atom. The molecular formula is C56H37NO. The molecule has 0 aliphatic heterocycles. The van der Waals surface area contributed by atoms with E-state index in [1.165, 1.54) is 60.1 Å². The molecule has 2 nitrogen and oxygen atoms in total. The van der Waals surface area contributed by atoms with E-state index in [0.717, 1.165) is 44.9 Å². The van der Waals surface area contributed by atoms with Gasteiger partial charge in [-0.05, 0) is 103 Å². The van der Waals surface area contributed by atoms with Crippen LogP contribution < -0.4 is 4.90 Å². The van der Waals surface area contributed by atoms with E-state index in [1.54, 1.807) is 0 Å². The normalized spacial score (nSPS) is 11.4. The summed E-state index contributed by atoms with van der Waals surface area (Å²) in [4.78, 5) is 2.43. The Labute approximate surface area is 337 Å². The summed E-state index contributed by atoms with van der Waals surface area (Å²) in [5.74, 6) is 0.869. The quantitative estimate of drug-likeness (QED) is 0.151. The minimum Gasteiger partial charge on any atom is -0.456 e. The van der Waals surface area contributed by atoms with Crippen LogP contribution in [0.25, 0.3) is 88.0 Å². The van der Waals surface area contributed by atoms with E-state index in [-0.39, 0.29) is 0 Å². The highest BCUT2D eigenvalue weighted by molar-refractivity contribution is 6.09. The van der Waals surface area contributed by atoms with Gasteiger partial charge in [0.05, 0.1) is 11.4 Å². The van der Waals surface area contributed by atoms with Crippen molar-refractivity contribution in [1.29, 1.82) is 0 Å². The molecule has 0 unspecified atom stereocenters. The maximum atomic E-state index is 6.29. The third kappa shape index (κ3) is 5.91. The Bertz CT molecular complexity index is 3250. The van der Waals surface area contributed by atoms with Crippen molar-refractivity contribution in [1.82, 2.24) is 0 Å². The number of rotatable bonds is 7. The van der Waals surface area contributed by atoms with Gasteiger partial charge in [-0.1, -0.05) is 176 Å². The van der Waals surface area contributed by atoms with Gasteiger partial charge in [0.25, 0.3) is 0 Å². The van der Waals surface area contributed by atoms with Gasteiger partial charge in [0.1, 0.15) is 11.3 Å². The average Bonchev–Trinajstić information content (AvgIpc) is 3.75. The summed E-state index contributed by atoms with van der Waals surface area (Å²) in [5.41, 5.74) is 12.3. The van der Waals surface area contributed by atoms with Crippen LogP contribution in [-0.4, -0.2) is 0 Å². The summed E-state index contributed by atoms with van der Waals surface area (Å²) in [7, 11) is 0. The zero-order chi connectivity index (χ0) is 38.4. The number of nitrogens with zero attached hydrogens (tertiary/aromatic N) is 1. The second kappa shape index (κ2) is 14.1. The second-order valence-corrected chi connectivity index (χ2v) is 14.9. The second-order valence-electron chi connectivity index (χ2n) is 14.9. The van der Waals surface area contributed by atoms with E-state index in [0.29, 0.717) is 0 Å². The van der Waals surface area contributed by atoms with Crippen LogP contribution in [0.3, 0.4) is 0 Å². The standard InChI is InChI=1S/C56H37NO/c1-2-13-39(14-3-1)50-20-9-10-23-53(50)57(46-30-27-38(28-31-46)41-29-32-48-43(35-41)26-25-40-15-4-6-19-47(40)48)54-34-33-49(51-21-7-8-22-52(51)54)42-17-12-18-44(36-42)56-37-45-16-5-11-24-55(45)58-56/h1-37H. The summed E-state index contributed by atoms with van der Waals surface area (Å²) < 4.78 is 6.29. The molecule has 0 spiro atoms. The Hall–Kier alpha value is -7.68. The van der Waals surface area contributed by atoms with Crippen LogP contribution in [0, 0.1) is 0 Å². The highest BCUT2D eigenvalue weighted by atomic mass is 16.3. The minimum atomic E-state index is 0.869. The van der Waals surface area contributed by atoms with E-state index < -0.39 is 0 Å². The zero-order valence-corrected chi connectivity index (χ0v) is 31.7. The summed E-state index contributed by atoms with van der Waals surface area (Å²) in [6.07, 6.45) is 0. The molecular weight excluding hydrogens is 703 g/mol. The fourth-order valence-corrected chi connectivity index (χ4v) is 8.63. The van der Waals surface area contributed by atoms with Gasteiger partial charge in [0.2, 0.25) is 0 Å². The molecule has 1 aromatic heterocycles. The van der Waals surface area contributed by atoms with Crippen molar-refractivity contribution < 1.29 is 4.42 Å². The molecule has 0 bridgehead atoms. The molecule has 0 N–H and O–H groups in total. The summed E-state index contributed by atoms with van der Waals surface area (Å²) in [6.45, 7) is 0. The third-order valence-corrected chi connectivity index (χ3v) is 11.5. The lowest BCUT2D eigenvalue weighted by Crippen LogP contribution is -2.12. The summed E-state index contributed by atoms with van der Waals surface area (Å²) >= 11 is 0. The van der Waals surface area contributed by atoms with Crippen molar-refractivity contribution in [3.8, 4) is 44.7 Å². The Morgan fingerprint density at radius 2 is 0.948 bits per heavy atom. The molecule has 0 radical (unpaired) electrons. The first kappa shape index (κ1) is 33.6. The maximum Gasteiger partial charge on any atom is 0.135 e. The van der Waals surface area contributed by atoms with Crippen molar-refractivity contribution in [3.63, 3.8) is 0 Å². The molecule has 0 fully saturated rings. The van der Waals surface area contributed by atoms with Crippen LogP contribution in [0.4, 0.5) is 17.1 Å². The van der Waals surface area contributed by atoms with Gasteiger partial charge in [-0.15, -0.1) is 0 Å². The smallest absolute Gasteiger partial charge is 0.135 e. The molecule has 10 aromatic carbocycles. The van der Waals surface area contributed by atoms with Gasteiger partial charge < -0.3 is 9.32 Å². The van der Waals surface area contributed by atoms with Gasteiger partial charge in [0, 0.05) is 27.6 Å². The van der Waals surface area contributed by atoms with Crippen molar-refractivity contribution in [2.45, 2.75) is 0 Å². The van der Waals surface area contributed by atoms with E-state index >= 15 is 0 Å². The predicted octanol–water partition coefficient (Wildman–Crippen LogP) is 16.0. The van der Waals surface area contributed by atoms with Gasteiger partial charge in [-0.2, -0.15) is 0 Å². The number of anilines is 3. The predicted molar refractivity (Wildman–Crippen MR) is 245 cm³/mol. The zero-order valence-electron chi connectivity index (χ0n) is 31.7. The van der Waals surface area contributed by atoms with Crippen LogP contribution >= 0.6 is 0 Å². The number of furan rings is 1. The number of hydrogen-bond acceptors (Lipinski definition) is 2. The first-order chi connectivity index (χ1) is 28.7. The van der Waals surface area contributed by atoms with Crippen molar-refractivity contribution in [2.75, 3.05) is 4.90 Å². The van der Waals surface area contributed by atoms with E-state index in [4.69, 9.17) is 4.42 Å². The Kier molecular flexibility index (Phi) is 8.19. The molecule has 1 heterocycles. The van der Waals surface area contributed by atoms with E-state index in [1.807, 2.05) is 18.2 Å². The fraction of sp³-hybridized carbons (Fsp3) is 0. The van der Waals surface area contributed by atoms with E-state index in [9.17, 15) is 0 Å². The van der Waals surface area contributed by atoms with Crippen LogP contribution in [0.15, 0.2) is 229 Å². The maximum absolute atomic E-state index is 6.29. The Morgan fingerprint density at radius 1 is 0.293 bits per heavy atom. The van der Waals surface area contributed by atoms with Gasteiger partial charge in [0.15, 0.2) is 0 Å². The van der Waals surface area contributed by atoms with Crippen molar-refractivity contribution in [2.24, 2.45) is 0 Å². The monoisotopic (exact) mass is 739 g/mol. The molecule has 0 atom stereocenters. The molecule has 11 aromatic rings. The third-order valence-electron chi connectivity index (χ3n) is 11.5. The average molecular weight is 740 g/mol. The van der Waals surface area contributed by atoms with Crippen LogP contribution in [0.2, 0.25) is 0 Å². The SMILES string of the molecule is c1ccc(-c2ccccc2N(c2ccc(-c3ccc4c(ccc5ccccc54)c3)cc2)c2ccc(-c3cccc(-c4cc5ccccc5o4)c3)c3ccccc23)cc1. The molecule has 11 rings (SSSR count). The topological polar surface area (TPSA) is 16.4 Å². The molecule has 0 aliphatic rings. The number of para-hydroxylation sites is 2. The first-order valence-corrected chi connectivity index (χ1v) is 19.8. The van der Waals surface area contributed by atoms with Gasteiger partial charge >= 0.3 is 0 Å². The largest absolute Gasteiger partial charge is 0.456 e. The first-order valence-electron chi connectivity index (χ1n) is 19.8. The molecule has 2 heteroatoms. The van der Waals surface area contributed by atoms with E-state index in [2.05, 4.69) is 211 Å². The van der Waals surface area contributed by atoms with Crippen molar-refractivity contribution in [3.05, 3.63) is 224 Å². The highest BCUT2D eigenvalue weighted by Gasteiger charge is 2.21. The Balaban J connectivity index is 1.05. The van der Waals surface area contributed by atoms with Crippen LogP contribution in [0.1, 0.15) is 0 Å². The minimum absolute atomic E-state index is 0.869. The summed E-state index contributed by atoms with van der Waals surface area (Å²) in [6, 6.07) is 80.8. The van der Waals surface area contributed by atoms with Crippen molar-refractivity contribution >= 4 is 60.3 Å². The molecule has 0 saturated heterocycles. The lowest BCUT2D eigenvalue weighted by atomic mass is 9.94. The molecule has 0 amide bonds. The molecule has 0 saturated carbocycles. The fourth-order valence-electron chi connectivity index (χ4n) is 8.63. The lowest BCUT2D eigenvalue weighted by Gasteiger charge is -2.29. The van der Waals surface area contributed by atoms with Gasteiger partial charge in [-0.3, -0.25) is 0 Å². The van der Waals surface area contributed by atoms with Crippen LogP contribution in [-0.2, 0) is 0 Å². The lowest BCUT2D eigenvalue weighted by molar-refractivity contribution is 0.631. The molecule has 58 heavy (non-hydrogen) atoms. The number of hydrogen-bond donors (Lipinski definition) is 0.